The average molecular weight is 361 g/mol. The van der Waals surface area contributed by atoms with Crippen LogP contribution in [-0.4, -0.2) is 6.04 Å². The molecule has 0 heterocycles. The molecule has 2 N–H and O–H groups in total. The van der Waals surface area contributed by atoms with Crippen LogP contribution < -0.4 is 5.73 Å². The van der Waals surface area contributed by atoms with Crippen molar-refractivity contribution in [2.24, 2.45) is 5.73 Å². The Balaban J connectivity index is 2.36. The Morgan fingerprint density at radius 1 is 1.10 bits per heavy atom. The van der Waals surface area contributed by atoms with Crippen LogP contribution in [0.3, 0.4) is 0 Å². The second-order valence-corrected chi connectivity index (χ2v) is 7.08. The van der Waals surface area contributed by atoms with Crippen molar-refractivity contribution >= 4 is 46.6 Å². The van der Waals surface area contributed by atoms with Gasteiger partial charge < -0.3 is 5.73 Å². The zero-order valence-corrected chi connectivity index (χ0v) is 14.7. The van der Waals surface area contributed by atoms with Crippen LogP contribution in [0.25, 0.3) is 0 Å². The van der Waals surface area contributed by atoms with Crippen LogP contribution in [0, 0.1) is 0 Å². The van der Waals surface area contributed by atoms with E-state index >= 15 is 0 Å². The standard InChI is InChI=1S/C16H16Cl3NS/c1-2-12(20)8-10-4-3-5-14(19)16(10)21-15-9-11(17)6-7-13(15)18/h3-7,9,12H,2,8,20H2,1H3. The predicted molar refractivity (Wildman–Crippen MR) is 94.0 cm³/mol. The van der Waals surface area contributed by atoms with E-state index in [0.717, 1.165) is 28.2 Å². The van der Waals surface area contributed by atoms with Gasteiger partial charge >= 0.3 is 0 Å². The maximum Gasteiger partial charge on any atom is 0.0548 e. The number of rotatable bonds is 5. The van der Waals surface area contributed by atoms with E-state index in [9.17, 15) is 0 Å². The third-order valence-electron chi connectivity index (χ3n) is 3.16. The minimum Gasteiger partial charge on any atom is -0.327 e. The fraction of sp³-hybridized carbons (Fsp3) is 0.250. The molecule has 0 aromatic heterocycles. The fourth-order valence-electron chi connectivity index (χ4n) is 1.92. The summed E-state index contributed by atoms with van der Waals surface area (Å²) < 4.78 is 0. The van der Waals surface area contributed by atoms with Crippen molar-refractivity contribution in [2.75, 3.05) is 0 Å². The first-order chi connectivity index (χ1) is 10.0. The van der Waals surface area contributed by atoms with Gasteiger partial charge in [-0.15, -0.1) is 0 Å². The number of hydrogen-bond donors (Lipinski definition) is 1. The summed E-state index contributed by atoms with van der Waals surface area (Å²) in [4.78, 5) is 1.89. The van der Waals surface area contributed by atoms with Crippen LogP contribution in [-0.2, 0) is 6.42 Å². The highest BCUT2D eigenvalue weighted by molar-refractivity contribution is 7.99. The number of nitrogens with two attached hydrogens (primary N) is 1. The largest absolute Gasteiger partial charge is 0.327 e. The molecule has 0 radical (unpaired) electrons. The summed E-state index contributed by atoms with van der Waals surface area (Å²) in [5.74, 6) is 0. The maximum absolute atomic E-state index is 6.36. The topological polar surface area (TPSA) is 26.0 Å². The molecule has 21 heavy (non-hydrogen) atoms. The van der Waals surface area contributed by atoms with Gasteiger partial charge in [0, 0.05) is 20.9 Å². The monoisotopic (exact) mass is 359 g/mol. The summed E-state index contributed by atoms with van der Waals surface area (Å²) in [6.45, 7) is 2.08. The van der Waals surface area contributed by atoms with Crippen molar-refractivity contribution < 1.29 is 0 Å². The third kappa shape index (κ3) is 4.54. The second-order valence-electron chi connectivity index (χ2n) is 4.78. The lowest BCUT2D eigenvalue weighted by molar-refractivity contribution is 0.641. The lowest BCUT2D eigenvalue weighted by atomic mass is 10.0. The molecule has 0 aliphatic heterocycles. The molecule has 0 bridgehead atoms. The molecule has 0 aliphatic carbocycles. The van der Waals surface area contributed by atoms with E-state index in [1.54, 1.807) is 12.1 Å². The van der Waals surface area contributed by atoms with Crippen molar-refractivity contribution in [3.63, 3.8) is 0 Å². The summed E-state index contributed by atoms with van der Waals surface area (Å²) in [5, 5.41) is 2.02. The van der Waals surface area contributed by atoms with Gasteiger partial charge in [-0.05, 0) is 42.7 Å². The highest BCUT2D eigenvalue weighted by Crippen LogP contribution is 2.40. The molecule has 2 rings (SSSR count). The molecule has 2 aromatic carbocycles. The lowest BCUT2D eigenvalue weighted by Crippen LogP contribution is -2.21. The van der Waals surface area contributed by atoms with Gasteiger partial charge in [-0.2, -0.15) is 0 Å². The van der Waals surface area contributed by atoms with Gasteiger partial charge in [-0.1, -0.05) is 65.6 Å². The number of hydrogen-bond acceptors (Lipinski definition) is 2. The van der Waals surface area contributed by atoms with Crippen molar-refractivity contribution in [1.82, 2.24) is 0 Å². The Labute approximate surface area is 144 Å². The molecule has 1 atom stereocenters. The molecule has 0 saturated carbocycles. The van der Waals surface area contributed by atoms with E-state index in [-0.39, 0.29) is 6.04 Å². The Bertz CT molecular complexity index is 631. The second kappa shape index (κ2) is 7.75. The summed E-state index contributed by atoms with van der Waals surface area (Å²) in [5.41, 5.74) is 7.21. The first-order valence-electron chi connectivity index (χ1n) is 6.67. The van der Waals surface area contributed by atoms with Crippen molar-refractivity contribution in [3.8, 4) is 0 Å². The molecule has 0 fully saturated rings. The van der Waals surface area contributed by atoms with Crippen molar-refractivity contribution in [3.05, 3.63) is 57.0 Å². The van der Waals surface area contributed by atoms with Crippen LogP contribution in [0.15, 0.2) is 46.2 Å². The summed E-state index contributed by atoms with van der Waals surface area (Å²) in [6.07, 6.45) is 1.71. The molecule has 112 valence electrons. The molecule has 0 spiro atoms. The quantitative estimate of drug-likeness (QED) is 0.699. The van der Waals surface area contributed by atoms with Crippen LogP contribution in [0.4, 0.5) is 0 Å². The van der Waals surface area contributed by atoms with Gasteiger partial charge in [0.2, 0.25) is 0 Å². The molecular weight excluding hydrogens is 345 g/mol. The Kier molecular flexibility index (Phi) is 6.27. The molecule has 0 amide bonds. The van der Waals surface area contributed by atoms with Crippen molar-refractivity contribution in [2.45, 2.75) is 35.6 Å². The van der Waals surface area contributed by atoms with Gasteiger partial charge in [0.15, 0.2) is 0 Å². The molecule has 0 saturated heterocycles. The van der Waals surface area contributed by atoms with Gasteiger partial charge in [0.05, 0.1) is 10.0 Å². The Morgan fingerprint density at radius 2 is 1.86 bits per heavy atom. The highest BCUT2D eigenvalue weighted by Gasteiger charge is 2.13. The Hall–Kier alpha value is -0.380. The van der Waals surface area contributed by atoms with Gasteiger partial charge in [-0.3, -0.25) is 0 Å². The molecule has 2 aromatic rings. The number of benzene rings is 2. The zero-order valence-electron chi connectivity index (χ0n) is 11.6. The summed E-state index contributed by atoms with van der Waals surface area (Å²) >= 11 is 20.2. The lowest BCUT2D eigenvalue weighted by Gasteiger charge is -2.15. The summed E-state index contributed by atoms with van der Waals surface area (Å²) in [7, 11) is 0. The molecule has 1 nitrogen and oxygen atoms in total. The van der Waals surface area contributed by atoms with Crippen molar-refractivity contribution in [1.29, 1.82) is 0 Å². The van der Waals surface area contributed by atoms with Gasteiger partial charge in [0.1, 0.15) is 0 Å². The van der Waals surface area contributed by atoms with Crippen LogP contribution in [0.1, 0.15) is 18.9 Å². The van der Waals surface area contributed by atoms with E-state index in [0.29, 0.717) is 15.1 Å². The first kappa shape index (κ1) is 17.0. The van der Waals surface area contributed by atoms with Crippen LogP contribution in [0.2, 0.25) is 15.1 Å². The van der Waals surface area contributed by atoms with Gasteiger partial charge in [0.25, 0.3) is 0 Å². The molecule has 0 aliphatic rings. The minimum atomic E-state index is 0.123. The van der Waals surface area contributed by atoms with E-state index < -0.39 is 0 Å². The Morgan fingerprint density at radius 3 is 2.57 bits per heavy atom. The third-order valence-corrected chi connectivity index (χ3v) is 5.51. The van der Waals surface area contributed by atoms with E-state index in [1.807, 2.05) is 18.2 Å². The molecular formula is C16H16Cl3NS. The van der Waals surface area contributed by atoms with E-state index in [2.05, 4.69) is 13.0 Å². The molecule has 5 heteroatoms. The highest BCUT2D eigenvalue weighted by atomic mass is 35.5. The van der Waals surface area contributed by atoms with Crippen LogP contribution in [0.5, 0.6) is 0 Å². The van der Waals surface area contributed by atoms with E-state index in [1.165, 1.54) is 11.8 Å². The average Bonchev–Trinajstić information content (AvgIpc) is 2.46. The molecule has 1 unspecified atom stereocenters. The first-order valence-corrected chi connectivity index (χ1v) is 8.62. The zero-order chi connectivity index (χ0) is 15.4. The normalized spacial score (nSPS) is 12.4. The smallest absolute Gasteiger partial charge is 0.0548 e. The minimum absolute atomic E-state index is 0.123. The fourth-order valence-corrected chi connectivity index (χ4v) is 3.72. The SMILES string of the molecule is CCC(N)Cc1cccc(Cl)c1Sc1cc(Cl)ccc1Cl. The number of halogens is 3. The van der Waals surface area contributed by atoms with E-state index in [4.69, 9.17) is 40.5 Å². The van der Waals surface area contributed by atoms with Crippen LogP contribution >= 0.6 is 46.6 Å². The maximum atomic E-state index is 6.36. The van der Waals surface area contributed by atoms with Gasteiger partial charge in [-0.25, -0.2) is 0 Å². The predicted octanol–water partition coefficient (Wildman–Crippen LogP) is 6.08. The summed E-state index contributed by atoms with van der Waals surface area (Å²) in [6, 6.07) is 11.4.